The van der Waals surface area contributed by atoms with Crippen LogP contribution in [0.2, 0.25) is 0 Å². The molecule has 0 aliphatic heterocycles. The van der Waals surface area contributed by atoms with Gasteiger partial charge in [-0.25, -0.2) is 0 Å². The van der Waals surface area contributed by atoms with Gasteiger partial charge in [0.1, 0.15) is 18.1 Å². The van der Waals surface area contributed by atoms with Crippen molar-refractivity contribution in [1.29, 1.82) is 0 Å². The Bertz CT molecular complexity index is 1160. The molecule has 0 aromatic heterocycles. The molecule has 0 unspecified atom stereocenters. The quantitative estimate of drug-likeness (QED) is 0.447. The van der Waals surface area contributed by atoms with E-state index in [-0.39, 0.29) is 6.10 Å². The number of benzene rings is 3. The first kappa shape index (κ1) is 24.8. The number of rotatable bonds is 8. The minimum absolute atomic E-state index is 0.0456. The highest BCUT2D eigenvalue weighted by Crippen LogP contribution is 2.27. The van der Waals surface area contributed by atoms with Gasteiger partial charge in [-0.2, -0.15) is 0 Å². The lowest BCUT2D eigenvalue weighted by Gasteiger charge is -2.16. The molecule has 34 heavy (non-hydrogen) atoms. The first-order valence-electron chi connectivity index (χ1n) is 11.5. The normalized spacial score (nSPS) is 10.6. The van der Waals surface area contributed by atoms with Crippen molar-refractivity contribution in [3.8, 4) is 11.5 Å². The lowest BCUT2D eigenvalue weighted by atomic mass is 10.0. The third kappa shape index (κ3) is 6.38. The lowest BCUT2D eigenvalue weighted by Crippen LogP contribution is -2.41. The molecule has 3 rings (SSSR count). The van der Waals surface area contributed by atoms with Crippen molar-refractivity contribution in [3.63, 3.8) is 0 Å². The van der Waals surface area contributed by atoms with Gasteiger partial charge in [0, 0.05) is 11.1 Å². The summed E-state index contributed by atoms with van der Waals surface area (Å²) in [6.45, 7) is 10.2. The van der Waals surface area contributed by atoms with Gasteiger partial charge < -0.3 is 9.47 Å². The van der Waals surface area contributed by atoms with E-state index < -0.39 is 11.8 Å². The van der Waals surface area contributed by atoms with Crippen LogP contribution in [0.5, 0.6) is 11.5 Å². The highest BCUT2D eigenvalue weighted by molar-refractivity contribution is 5.99. The number of ether oxygens (including phenoxy) is 2. The van der Waals surface area contributed by atoms with E-state index in [1.807, 2.05) is 65.0 Å². The highest BCUT2D eigenvalue weighted by atomic mass is 16.5. The number of hydrogen-bond donors (Lipinski definition) is 2. The molecular weight excluding hydrogens is 428 g/mol. The van der Waals surface area contributed by atoms with Gasteiger partial charge in [0.05, 0.1) is 6.10 Å². The van der Waals surface area contributed by atoms with E-state index in [0.29, 0.717) is 24.2 Å². The Balaban J connectivity index is 1.65. The molecule has 3 aromatic carbocycles. The van der Waals surface area contributed by atoms with Crippen molar-refractivity contribution in [2.24, 2.45) is 0 Å². The molecule has 2 amide bonds. The second kappa shape index (κ2) is 11.4. The number of carbonyl (C=O) groups excluding carboxylic acids is 2. The Morgan fingerprint density at radius 3 is 2.12 bits per heavy atom. The highest BCUT2D eigenvalue weighted by Gasteiger charge is 2.15. The Morgan fingerprint density at radius 2 is 1.50 bits per heavy atom. The molecular formula is C28H32N2O4. The summed E-state index contributed by atoms with van der Waals surface area (Å²) in [7, 11) is 0. The van der Waals surface area contributed by atoms with E-state index in [0.717, 1.165) is 33.8 Å². The van der Waals surface area contributed by atoms with Crippen molar-refractivity contribution >= 4 is 11.8 Å². The fourth-order valence-electron chi connectivity index (χ4n) is 3.61. The van der Waals surface area contributed by atoms with Gasteiger partial charge >= 0.3 is 0 Å². The van der Waals surface area contributed by atoms with Crippen LogP contribution in [0.3, 0.4) is 0 Å². The van der Waals surface area contributed by atoms with Crippen LogP contribution in [0.4, 0.5) is 0 Å². The molecule has 0 aliphatic carbocycles. The summed E-state index contributed by atoms with van der Waals surface area (Å²) in [5.74, 6) is 0.721. The number of nitrogens with one attached hydrogen (secondary N) is 2. The van der Waals surface area contributed by atoms with E-state index in [9.17, 15) is 9.59 Å². The molecule has 0 saturated heterocycles. The van der Waals surface area contributed by atoms with Crippen molar-refractivity contribution in [3.05, 3.63) is 94.0 Å². The molecule has 0 radical (unpaired) electrons. The van der Waals surface area contributed by atoms with Crippen molar-refractivity contribution < 1.29 is 19.1 Å². The maximum absolute atomic E-state index is 12.7. The average Bonchev–Trinajstić information content (AvgIpc) is 2.82. The van der Waals surface area contributed by atoms with Crippen LogP contribution in [-0.4, -0.2) is 17.9 Å². The predicted molar refractivity (Wildman–Crippen MR) is 133 cm³/mol. The van der Waals surface area contributed by atoms with Gasteiger partial charge in [-0.3, -0.25) is 20.4 Å². The fraction of sp³-hybridized carbons (Fsp3) is 0.286. The van der Waals surface area contributed by atoms with Gasteiger partial charge in [-0.1, -0.05) is 37.3 Å². The maximum atomic E-state index is 12.7. The van der Waals surface area contributed by atoms with Gasteiger partial charge in [-0.15, -0.1) is 0 Å². The summed E-state index contributed by atoms with van der Waals surface area (Å²) in [5, 5.41) is 0. The first-order chi connectivity index (χ1) is 16.3. The summed E-state index contributed by atoms with van der Waals surface area (Å²) in [4.78, 5) is 25.3. The molecule has 0 saturated carbocycles. The molecule has 0 aliphatic rings. The molecule has 2 N–H and O–H groups in total. The van der Waals surface area contributed by atoms with Gasteiger partial charge in [0.2, 0.25) is 0 Å². The van der Waals surface area contributed by atoms with Gasteiger partial charge in [-0.05, 0) is 86.7 Å². The average molecular weight is 461 g/mol. The smallest absolute Gasteiger partial charge is 0.269 e. The summed E-state index contributed by atoms with van der Waals surface area (Å²) in [6, 6.07) is 18.7. The molecule has 0 bridgehead atoms. The van der Waals surface area contributed by atoms with E-state index >= 15 is 0 Å². The number of carbonyl (C=O) groups is 2. The third-order valence-corrected chi connectivity index (χ3v) is 5.31. The lowest BCUT2D eigenvalue weighted by molar-refractivity contribution is 0.0846. The minimum atomic E-state index is -0.400. The molecule has 0 atom stereocenters. The van der Waals surface area contributed by atoms with Gasteiger partial charge in [0.25, 0.3) is 11.8 Å². The van der Waals surface area contributed by atoms with Crippen molar-refractivity contribution in [2.75, 3.05) is 0 Å². The zero-order valence-electron chi connectivity index (χ0n) is 20.4. The van der Waals surface area contributed by atoms with Crippen molar-refractivity contribution in [1.82, 2.24) is 10.9 Å². The standard InChI is InChI=1S/C28H32N2O4/c1-6-22-16-24(15-20(5)26(22)33-17-21-10-8-7-9-11-21)28(32)30-29-27(31)23-12-13-25(19(4)14-23)34-18(2)3/h7-16,18H,6,17H2,1-5H3,(H,29,31)(H,30,32). The van der Waals surface area contributed by atoms with Crippen LogP contribution in [0, 0.1) is 13.8 Å². The first-order valence-corrected chi connectivity index (χ1v) is 11.5. The fourth-order valence-corrected chi connectivity index (χ4v) is 3.61. The summed E-state index contributed by atoms with van der Waals surface area (Å²) < 4.78 is 11.8. The summed E-state index contributed by atoms with van der Waals surface area (Å²) >= 11 is 0. The van der Waals surface area contributed by atoms with E-state index in [2.05, 4.69) is 10.9 Å². The van der Waals surface area contributed by atoms with Gasteiger partial charge in [0.15, 0.2) is 0 Å². The van der Waals surface area contributed by atoms with Crippen LogP contribution >= 0.6 is 0 Å². The summed E-state index contributed by atoms with van der Waals surface area (Å²) in [5.41, 5.74) is 9.62. The van der Waals surface area contributed by atoms with E-state index in [4.69, 9.17) is 9.47 Å². The minimum Gasteiger partial charge on any atom is -0.491 e. The summed E-state index contributed by atoms with van der Waals surface area (Å²) in [6.07, 6.45) is 0.756. The van der Waals surface area contributed by atoms with Crippen LogP contribution < -0.4 is 20.3 Å². The Hall–Kier alpha value is -3.80. The Morgan fingerprint density at radius 1 is 0.853 bits per heavy atom. The van der Waals surface area contributed by atoms with Crippen molar-refractivity contribution in [2.45, 2.75) is 53.8 Å². The molecule has 0 fully saturated rings. The Kier molecular flexibility index (Phi) is 8.30. The second-order valence-electron chi connectivity index (χ2n) is 8.46. The zero-order valence-corrected chi connectivity index (χ0v) is 20.4. The number of amides is 2. The molecule has 3 aromatic rings. The SMILES string of the molecule is CCc1cc(C(=O)NNC(=O)c2ccc(OC(C)C)c(C)c2)cc(C)c1OCc1ccccc1. The van der Waals surface area contributed by atoms with Crippen LogP contribution in [0.15, 0.2) is 60.7 Å². The van der Waals surface area contributed by atoms with Crippen LogP contribution in [-0.2, 0) is 13.0 Å². The second-order valence-corrected chi connectivity index (χ2v) is 8.46. The molecule has 0 heterocycles. The van der Waals surface area contributed by atoms with E-state index in [1.54, 1.807) is 30.3 Å². The molecule has 6 nitrogen and oxygen atoms in total. The molecule has 0 spiro atoms. The molecule has 178 valence electrons. The number of aryl methyl sites for hydroxylation is 3. The van der Waals surface area contributed by atoms with Crippen LogP contribution in [0.1, 0.15) is 63.7 Å². The third-order valence-electron chi connectivity index (χ3n) is 5.31. The monoisotopic (exact) mass is 460 g/mol. The number of hydrazine groups is 1. The Labute approximate surface area is 201 Å². The zero-order chi connectivity index (χ0) is 24.7. The largest absolute Gasteiger partial charge is 0.491 e. The van der Waals surface area contributed by atoms with E-state index in [1.165, 1.54) is 0 Å². The van der Waals surface area contributed by atoms with Crippen LogP contribution in [0.25, 0.3) is 0 Å². The predicted octanol–water partition coefficient (Wildman–Crippen LogP) is 5.31. The topological polar surface area (TPSA) is 76.7 Å². The molecule has 6 heteroatoms. The maximum Gasteiger partial charge on any atom is 0.269 e. The number of hydrogen-bond acceptors (Lipinski definition) is 4.